The van der Waals surface area contributed by atoms with Gasteiger partial charge in [0.1, 0.15) is 5.69 Å². The zero-order valence-electron chi connectivity index (χ0n) is 9.20. The first kappa shape index (κ1) is 9.63. The molecule has 0 fully saturated rings. The summed E-state index contributed by atoms with van der Waals surface area (Å²) in [6, 6.07) is 1.94. The standard InChI is InChI=1S/C12H15N3O/c13-10-7-8-3-1-5-15-6-2-4-9(12(8)15)11(10)14-16/h7H,1-6,13H2. The normalized spacial score (nSPS) is 18.1. The van der Waals surface area contributed by atoms with Crippen molar-refractivity contribution >= 4 is 17.1 Å². The number of nitroso groups, excluding NO2 is 1. The number of aryl methyl sites for hydroxylation is 1. The number of anilines is 2. The molecular weight excluding hydrogens is 202 g/mol. The van der Waals surface area contributed by atoms with Crippen LogP contribution in [-0.2, 0) is 12.8 Å². The van der Waals surface area contributed by atoms with Crippen molar-refractivity contribution in [3.8, 4) is 0 Å². The van der Waals surface area contributed by atoms with Crippen LogP contribution < -0.4 is 10.6 Å². The lowest BCUT2D eigenvalue weighted by Gasteiger charge is -2.37. The molecule has 4 nitrogen and oxygen atoms in total. The van der Waals surface area contributed by atoms with Gasteiger partial charge in [-0.15, -0.1) is 4.91 Å². The minimum Gasteiger partial charge on any atom is -0.397 e. The Kier molecular flexibility index (Phi) is 2.09. The third-order valence-corrected chi connectivity index (χ3v) is 3.62. The Bertz CT molecular complexity index is 454. The fraction of sp³-hybridized carbons (Fsp3) is 0.500. The second-order valence-corrected chi connectivity index (χ2v) is 4.59. The molecule has 4 heteroatoms. The van der Waals surface area contributed by atoms with E-state index >= 15 is 0 Å². The first-order valence-corrected chi connectivity index (χ1v) is 5.84. The maximum atomic E-state index is 10.9. The predicted octanol–water partition coefficient (Wildman–Crippen LogP) is 2.37. The van der Waals surface area contributed by atoms with Crippen LogP contribution in [0.4, 0.5) is 17.1 Å². The largest absolute Gasteiger partial charge is 0.397 e. The van der Waals surface area contributed by atoms with E-state index in [0.717, 1.165) is 37.9 Å². The van der Waals surface area contributed by atoms with Crippen LogP contribution in [0.1, 0.15) is 24.0 Å². The molecule has 0 saturated carbocycles. The molecule has 2 N–H and O–H groups in total. The van der Waals surface area contributed by atoms with Crippen molar-refractivity contribution in [3.05, 3.63) is 22.1 Å². The van der Waals surface area contributed by atoms with Crippen LogP contribution >= 0.6 is 0 Å². The van der Waals surface area contributed by atoms with Crippen LogP contribution in [0.2, 0.25) is 0 Å². The fourth-order valence-corrected chi connectivity index (χ4v) is 2.98. The van der Waals surface area contributed by atoms with Gasteiger partial charge in [0.2, 0.25) is 0 Å². The number of nitrogens with zero attached hydrogens (tertiary/aromatic N) is 2. The molecule has 2 aliphatic heterocycles. The number of nitrogens with two attached hydrogens (primary N) is 1. The highest BCUT2D eigenvalue weighted by molar-refractivity contribution is 5.80. The number of hydrogen-bond donors (Lipinski definition) is 1. The Morgan fingerprint density at radius 3 is 2.75 bits per heavy atom. The van der Waals surface area contributed by atoms with Crippen molar-refractivity contribution in [2.45, 2.75) is 25.7 Å². The molecule has 84 valence electrons. The van der Waals surface area contributed by atoms with E-state index in [0.29, 0.717) is 11.4 Å². The topological polar surface area (TPSA) is 58.7 Å². The second-order valence-electron chi connectivity index (χ2n) is 4.59. The van der Waals surface area contributed by atoms with Crippen molar-refractivity contribution in [3.63, 3.8) is 0 Å². The van der Waals surface area contributed by atoms with E-state index in [2.05, 4.69) is 10.1 Å². The summed E-state index contributed by atoms with van der Waals surface area (Å²) in [5.74, 6) is 0. The Morgan fingerprint density at radius 1 is 1.25 bits per heavy atom. The number of nitrogen functional groups attached to an aromatic ring is 1. The molecule has 2 heterocycles. The van der Waals surface area contributed by atoms with Gasteiger partial charge < -0.3 is 10.6 Å². The summed E-state index contributed by atoms with van der Waals surface area (Å²) in [6.45, 7) is 2.20. The van der Waals surface area contributed by atoms with Gasteiger partial charge in [-0.2, -0.15) is 0 Å². The minimum absolute atomic E-state index is 0.477. The Balaban J connectivity index is 2.27. The van der Waals surface area contributed by atoms with Crippen molar-refractivity contribution in [2.75, 3.05) is 23.7 Å². The molecule has 0 unspecified atom stereocenters. The van der Waals surface area contributed by atoms with Crippen LogP contribution in [0.5, 0.6) is 0 Å². The van der Waals surface area contributed by atoms with Gasteiger partial charge in [0.15, 0.2) is 0 Å². The van der Waals surface area contributed by atoms with Crippen LogP contribution in [0.15, 0.2) is 11.2 Å². The summed E-state index contributed by atoms with van der Waals surface area (Å²) in [7, 11) is 0. The molecule has 0 aromatic heterocycles. The molecule has 0 bridgehead atoms. The molecule has 0 aliphatic carbocycles. The van der Waals surface area contributed by atoms with Gasteiger partial charge in [-0.3, -0.25) is 0 Å². The van der Waals surface area contributed by atoms with Gasteiger partial charge in [0.25, 0.3) is 0 Å². The molecule has 1 aromatic rings. The molecule has 3 rings (SSSR count). The maximum Gasteiger partial charge on any atom is 0.136 e. The lowest BCUT2D eigenvalue weighted by Crippen LogP contribution is -2.34. The highest BCUT2D eigenvalue weighted by Gasteiger charge is 2.27. The average Bonchev–Trinajstić information content (AvgIpc) is 2.30. The first-order valence-electron chi connectivity index (χ1n) is 5.84. The SMILES string of the molecule is Nc1cc2c3c(c1N=O)CCCN3CCC2. The lowest BCUT2D eigenvalue weighted by atomic mass is 9.90. The van der Waals surface area contributed by atoms with Crippen LogP contribution in [0, 0.1) is 4.91 Å². The molecule has 2 aliphatic rings. The van der Waals surface area contributed by atoms with Crippen LogP contribution in [0.3, 0.4) is 0 Å². The Hall–Kier alpha value is -1.58. The molecule has 0 amide bonds. The van der Waals surface area contributed by atoms with Gasteiger partial charge in [-0.05, 0) is 42.5 Å². The highest BCUT2D eigenvalue weighted by Crippen LogP contribution is 2.43. The molecular formula is C12H15N3O. The summed E-state index contributed by atoms with van der Waals surface area (Å²) < 4.78 is 0. The monoisotopic (exact) mass is 217 g/mol. The summed E-state index contributed by atoms with van der Waals surface area (Å²) >= 11 is 0. The molecule has 0 atom stereocenters. The third kappa shape index (κ3) is 1.22. The molecule has 0 radical (unpaired) electrons. The van der Waals surface area contributed by atoms with E-state index in [4.69, 9.17) is 5.73 Å². The van der Waals surface area contributed by atoms with E-state index in [1.165, 1.54) is 17.7 Å². The van der Waals surface area contributed by atoms with Crippen molar-refractivity contribution in [1.29, 1.82) is 0 Å². The number of benzene rings is 1. The van der Waals surface area contributed by atoms with Crippen LogP contribution in [-0.4, -0.2) is 13.1 Å². The van der Waals surface area contributed by atoms with E-state index in [9.17, 15) is 4.91 Å². The van der Waals surface area contributed by atoms with Crippen molar-refractivity contribution < 1.29 is 0 Å². The molecule has 1 aromatic carbocycles. The van der Waals surface area contributed by atoms with Gasteiger partial charge in [0.05, 0.1) is 5.69 Å². The summed E-state index contributed by atoms with van der Waals surface area (Å²) in [5, 5.41) is 3.12. The summed E-state index contributed by atoms with van der Waals surface area (Å²) in [6.07, 6.45) is 4.28. The molecule has 0 spiro atoms. The van der Waals surface area contributed by atoms with Gasteiger partial charge in [-0.25, -0.2) is 0 Å². The fourth-order valence-electron chi connectivity index (χ4n) is 2.98. The third-order valence-electron chi connectivity index (χ3n) is 3.62. The quantitative estimate of drug-likeness (QED) is 0.580. The van der Waals surface area contributed by atoms with E-state index in [-0.39, 0.29) is 0 Å². The smallest absolute Gasteiger partial charge is 0.136 e. The Labute approximate surface area is 94.4 Å². The summed E-state index contributed by atoms with van der Waals surface area (Å²) in [4.78, 5) is 13.3. The average molecular weight is 217 g/mol. The van der Waals surface area contributed by atoms with E-state index in [1.54, 1.807) is 0 Å². The lowest BCUT2D eigenvalue weighted by molar-refractivity contribution is 0.635. The zero-order chi connectivity index (χ0) is 11.1. The van der Waals surface area contributed by atoms with Crippen LogP contribution in [0.25, 0.3) is 0 Å². The van der Waals surface area contributed by atoms with Gasteiger partial charge >= 0.3 is 0 Å². The van der Waals surface area contributed by atoms with Gasteiger partial charge in [0, 0.05) is 24.3 Å². The van der Waals surface area contributed by atoms with Crippen molar-refractivity contribution in [2.24, 2.45) is 5.18 Å². The Morgan fingerprint density at radius 2 is 2.00 bits per heavy atom. The highest BCUT2D eigenvalue weighted by atomic mass is 16.3. The molecule has 16 heavy (non-hydrogen) atoms. The molecule has 0 saturated heterocycles. The zero-order valence-corrected chi connectivity index (χ0v) is 9.20. The summed E-state index contributed by atoms with van der Waals surface area (Å²) in [5.41, 5.74) is 10.5. The minimum atomic E-state index is 0.477. The number of rotatable bonds is 1. The maximum absolute atomic E-state index is 10.9. The second kappa shape index (κ2) is 3.47. The van der Waals surface area contributed by atoms with Crippen molar-refractivity contribution in [1.82, 2.24) is 0 Å². The number of hydrogen-bond acceptors (Lipinski definition) is 4. The predicted molar refractivity (Wildman–Crippen MR) is 65.2 cm³/mol. The first-order chi connectivity index (χ1) is 7.81. The van der Waals surface area contributed by atoms with Gasteiger partial charge in [-0.1, -0.05) is 0 Å². The van der Waals surface area contributed by atoms with E-state index < -0.39 is 0 Å². The van der Waals surface area contributed by atoms with E-state index in [1.807, 2.05) is 6.07 Å².